The van der Waals surface area contributed by atoms with Crippen molar-refractivity contribution in [1.82, 2.24) is 4.90 Å². The summed E-state index contributed by atoms with van der Waals surface area (Å²) in [5, 5.41) is 8.77. The Morgan fingerprint density at radius 3 is 2.25 bits per heavy atom. The number of hydrogen-bond donors (Lipinski definition) is 1. The lowest BCUT2D eigenvalue weighted by Gasteiger charge is -2.13. The third-order valence-electron chi connectivity index (χ3n) is 4.88. The average molecular weight is 432 g/mol. The fourth-order valence-corrected chi connectivity index (χ4v) is 3.41. The highest BCUT2D eigenvalue weighted by atomic mass is 16.5. The topological polar surface area (TPSA) is 59.0 Å². The van der Waals surface area contributed by atoms with Crippen molar-refractivity contribution in [3.05, 3.63) is 101 Å². The molecule has 0 aliphatic carbocycles. The Bertz CT molecular complexity index is 1060. The molecule has 0 heterocycles. The van der Waals surface area contributed by atoms with Gasteiger partial charge in [0.1, 0.15) is 18.1 Å². The average Bonchev–Trinajstić information content (AvgIpc) is 2.77. The first-order chi connectivity index (χ1) is 15.4. The molecule has 0 spiro atoms. The molecule has 0 radical (unpaired) electrons. The van der Waals surface area contributed by atoms with Crippen LogP contribution in [-0.2, 0) is 11.3 Å². The summed E-state index contributed by atoms with van der Waals surface area (Å²) in [4.78, 5) is 12.8. The molecule has 0 atom stereocenters. The van der Waals surface area contributed by atoms with Gasteiger partial charge in [-0.1, -0.05) is 54.6 Å². The Morgan fingerprint density at radius 2 is 1.62 bits per heavy atom. The Balaban J connectivity index is 1.76. The van der Waals surface area contributed by atoms with Crippen LogP contribution in [0.1, 0.15) is 22.3 Å². The molecular formula is C27H29NO4. The van der Waals surface area contributed by atoms with Crippen LogP contribution in [0.5, 0.6) is 11.5 Å². The van der Waals surface area contributed by atoms with Crippen molar-refractivity contribution in [2.45, 2.75) is 13.5 Å². The number of aliphatic carboxylic acids is 1. The van der Waals surface area contributed by atoms with Gasteiger partial charge in [-0.05, 0) is 73.1 Å². The second-order valence-electron chi connectivity index (χ2n) is 7.84. The van der Waals surface area contributed by atoms with Crippen molar-refractivity contribution in [1.29, 1.82) is 0 Å². The van der Waals surface area contributed by atoms with Crippen LogP contribution in [0.4, 0.5) is 0 Å². The highest BCUT2D eigenvalue weighted by Crippen LogP contribution is 2.26. The molecule has 0 unspecified atom stereocenters. The van der Waals surface area contributed by atoms with Gasteiger partial charge in [0.05, 0.1) is 0 Å². The molecule has 3 rings (SSSR count). The van der Waals surface area contributed by atoms with Crippen LogP contribution in [0.3, 0.4) is 0 Å². The SMILES string of the molecule is Cc1cc(OC/C=C(/c2ccccc2)c2ccc(CN(C)C)cc2)ccc1OCC(=O)O. The maximum atomic E-state index is 10.7. The normalized spacial score (nSPS) is 11.4. The summed E-state index contributed by atoms with van der Waals surface area (Å²) in [5.74, 6) is 0.242. The zero-order valence-corrected chi connectivity index (χ0v) is 18.7. The van der Waals surface area contributed by atoms with E-state index in [1.807, 2.05) is 31.2 Å². The number of aryl methyl sites for hydroxylation is 1. The number of nitrogens with zero attached hydrogens (tertiary/aromatic N) is 1. The summed E-state index contributed by atoms with van der Waals surface area (Å²) in [7, 11) is 4.13. The summed E-state index contributed by atoms with van der Waals surface area (Å²) in [6.45, 7) is 2.81. The third-order valence-corrected chi connectivity index (χ3v) is 4.88. The molecule has 3 aromatic carbocycles. The minimum absolute atomic E-state index is 0.364. The minimum Gasteiger partial charge on any atom is -0.489 e. The van der Waals surface area contributed by atoms with Crippen LogP contribution in [0.15, 0.2) is 78.9 Å². The van der Waals surface area contributed by atoms with E-state index in [0.717, 1.165) is 28.8 Å². The number of benzene rings is 3. The summed E-state index contributed by atoms with van der Waals surface area (Å²) >= 11 is 0. The molecule has 32 heavy (non-hydrogen) atoms. The second-order valence-corrected chi connectivity index (χ2v) is 7.84. The van der Waals surface area contributed by atoms with E-state index in [2.05, 4.69) is 61.5 Å². The molecule has 0 saturated carbocycles. The van der Waals surface area contributed by atoms with Crippen molar-refractivity contribution >= 4 is 11.5 Å². The zero-order valence-electron chi connectivity index (χ0n) is 18.7. The number of carbonyl (C=O) groups is 1. The Labute approximate surface area is 189 Å². The van der Waals surface area contributed by atoms with Gasteiger partial charge in [0.2, 0.25) is 0 Å². The largest absolute Gasteiger partial charge is 0.489 e. The van der Waals surface area contributed by atoms with Gasteiger partial charge in [0.25, 0.3) is 0 Å². The number of hydrogen-bond acceptors (Lipinski definition) is 4. The molecular weight excluding hydrogens is 402 g/mol. The number of ether oxygens (including phenoxy) is 2. The lowest BCUT2D eigenvalue weighted by Crippen LogP contribution is -2.10. The molecule has 0 fully saturated rings. The van der Waals surface area contributed by atoms with Crippen molar-refractivity contribution in [2.24, 2.45) is 0 Å². The highest BCUT2D eigenvalue weighted by molar-refractivity contribution is 5.79. The highest BCUT2D eigenvalue weighted by Gasteiger charge is 2.07. The van der Waals surface area contributed by atoms with Crippen molar-refractivity contribution in [3.63, 3.8) is 0 Å². The van der Waals surface area contributed by atoms with Crippen LogP contribution in [-0.4, -0.2) is 43.3 Å². The molecule has 0 saturated heterocycles. The lowest BCUT2D eigenvalue weighted by molar-refractivity contribution is -0.139. The fourth-order valence-electron chi connectivity index (χ4n) is 3.41. The van der Waals surface area contributed by atoms with E-state index >= 15 is 0 Å². The summed E-state index contributed by atoms with van der Waals surface area (Å²) in [6, 6.07) is 24.3. The van der Waals surface area contributed by atoms with Gasteiger partial charge in [-0.15, -0.1) is 0 Å². The molecule has 5 heteroatoms. The fraction of sp³-hybridized carbons (Fsp3) is 0.222. The van der Waals surface area contributed by atoms with E-state index in [9.17, 15) is 4.79 Å². The van der Waals surface area contributed by atoms with Gasteiger partial charge in [0.15, 0.2) is 6.61 Å². The summed E-state index contributed by atoms with van der Waals surface area (Å²) in [6.07, 6.45) is 2.08. The van der Waals surface area contributed by atoms with Crippen LogP contribution in [0, 0.1) is 6.92 Å². The molecule has 3 aromatic rings. The van der Waals surface area contributed by atoms with Crippen molar-refractivity contribution < 1.29 is 19.4 Å². The van der Waals surface area contributed by atoms with Gasteiger partial charge in [0, 0.05) is 6.54 Å². The summed E-state index contributed by atoms with van der Waals surface area (Å²) < 4.78 is 11.2. The van der Waals surface area contributed by atoms with Crippen LogP contribution in [0.25, 0.3) is 5.57 Å². The van der Waals surface area contributed by atoms with Crippen LogP contribution in [0.2, 0.25) is 0 Å². The Kier molecular flexibility index (Phi) is 8.06. The van der Waals surface area contributed by atoms with Crippen LogP contribution < -0.4 is 9.47 Å². The first-order valence-electron chi connectivity index (χ1n) is 10.5. The number of carboxylic acid groups (broad SMARTS) is 1. The Hall–Kier alpha value is -3.57. The van der Waals surface area contributed by atoms with E-state index in [0.29, 0.717) is 18.1 Å². The minimum atomic E-state index is -1.00. The number of carboxylic acids is 1. The van der Waals surface area contributed by atoms with Gasteiger partial charge in [-0.3, -0.25) is 0 Å². The zero-order chi connectivity index (χ0) is 22.9. The van der Waals surface area contributed by atoms with E-state index in [1.54, 1.807) is 12.1 Å². The van der Waals surface area contributed by atoms with E-state index in [1.165, 1.54) is 5.56 Å². The van der Waals surface area contributed by atoms with Crippen molar-refractivity contribution in [3.8, 4) is 11.5 Å². The van der Waals surface area contributed by atoms with E-state index < -0.39 is 5.97 Å². The second kappa shape index (κ2) is 11.2. The molecule has 0 aliphatic heterocycles. The van der Waals surface area contributed by atoms with Gasteiger partial charge in [-0.2, -0.15) is 0 Å². The molecule has 5 nitrogen and oxygen atoms in total. The molecule has 1 N–H and O–H groups in total. The molecule has 0 aliphatic rings. The van der Waals surface area contributed by atoms with E-state index in [4.69, 9.17) is 14.6 Å². The molecule has 0 aromatic heterocycles. The van der Waals surface area contributed by atoms with Crippen LogP contribution >= 0.6 is 0 Å². The monoisotopic (exact) mass is 431 g/mol. The standard InChI is InChI=1S/C27H29NO4/c1-20-17-24(13-14-26(20)32-19-27(29)30)31-16-15-25(22-7-5-4-6-8-22)23-11-9-21(10-12-23)18-28(2)3/h4-15,17H,16,18-19H2,1-3H3,(H,29,30)/b25-15-. The van der Waals surface area contributed by atoms with E-state index in [-0.39, 0.29) is 6.61 Å². The predicted octanol–water partition coefficient (Wildman–Crippen LogP) is 5.03. The third kappa shape index (κ3) is 6.72. The molecule has 166 valence electrons. The molecule has 0 bridgehead atoms. The van der Waals surface area contributed by atoms with Gasteiger partial charge in [-0.25, -0.2) is 4.79 Å². The lowest BCUT2D eigenvalue weighted by atomic mass is 9.96. The number of rotatable bonds is 10. The summed E-state index contributed by atoms with van der Waals surface area (Å²) in [5.41, 5.74) is 5.47. The quantitative estimate of drug-likeness (QED) is 0.488. The predicted molar refractivity (Wildman–Crippen MR) is 127 cm³/mol. The van der Waals surface area contributed by atoms with Gasteiger partial charge >= 0.3 is 5.97 Å². The van der Waals surface area contributed by atoms with Crippen molar-refractivity contribution in [2.75, 3.05) is 27.3 Å². The Morgan fingerprint density at radius 1 is 0.938 bits per heavy atom. The van der Waals surface area contributed by atoms with Gasteiger partial charge < -0.3 is 19.5 Å². The maximum absolute atomic E-state index is 10.7. The first-order valence-corrected chi connectivity index (χ1v) is 10.5. The maximum Gasteiger partial charge on any atom is 0.341 e. The smallest absolute Gasteiger partial charge is 0.341 e. The first kappa shape index (κ1) is 23.1. The molecule has 0 amide bonds.